The number of nitrogens with zero attached hydrogens (tertiary/aromatic N) is 2. The molecule has 0 fully saturated rings. The van der Waals surface area contributed by atoms with Crippen LogP contribution < -0.4 is 15.6 Å². The van der Waals surface area contributed by atoms with Crippen LogP contribution in [0.4, 0.5) is 0 Å². The summed E-state index contributed by atoms with van der Waals surface area (Å²) in [6.45, 7) is 0.305. The number of aromatic amines is 1. The first kappa shape index (κ1) is 13.8. The average Bonchev–Trinajstić information content (AvgIpc) is 2.89. The summed E-state index contributed by atoms with van der Waals surface area (Å²) in [5.41, 5.74) is -0.0362. The summed E-state index contributed by atoms with van der Waals surface area (Å²) in [6, 6.07) is 1.25. The van der Waals surface area contributed by atoms with Gasteiger partial charge in [-0.3, -0.25) is 19.4 Å². The van der Waals surface area contributed by atoms with E-state index < -0.39 is 0 Å². The number of aryl methyl sites for hydroxylation is 1. The first-order valence-corrected chi connectivity index (χ1v) is 6.82. The smallest absolute Gasteiger partial charge is 0.269 e. The van der Waals surface area contributed by atoms with Gasteiger partial charge in [-0.15, -0.1) is 0 Å². The lowest BCUT2D eigenvalue weighted by Crippen LogP contribution is -2.24. The van der Waals surface area contributed by atoms with Crippen LogP contribution in [-0.2, 0) is 13.6 Å². The molecule has 2 aromatic heterocycles. The Bertz CT molecular complexity index is 660. The summed E-state index contributed by atoms with van der Waals surface area (Å²) in [6.07, 6.45) is 0. The van der Waals surface area contributed by atoms with Crippen LogP contribution in [0.2, 0.25) is 0 Å². The first-order valence-electron chi connectivity index (χ1n) is 5.25. The Morgan fingerprint density at radius 3 is 2.95 bits per heavy atom. The lowest BCUT2D eigenvalue weighted by atomic mass is 10.4. The Hall–Kier alpha value is -1.61. The molecule has 0 aromatic carbocycles. The molecule has 0 radical (unpaired) electrons. The van der Waals surface area contributed by atoms with E-state index in [1.54, 1.807) is 7.05 Å². The van der Waals surface area contributed by atoms with Gasteiger partial charge in [0.1, 0.15) is 5.69 Å². The molecule has 0 saturated heterocycles. The molecule has 0 saturated carbocycles. The molecule has 0 spiro atoms. The summed E-state index contributed by atoms with van der Waals surface area (Å²) in [4.78, 5) is 23.8. The second kappa shape index (κ2) is 5.57. The number of hydrogen-bond acceptors (Lipinski definition) is 5. The molecular weight excluding hydrogens is 336 g/mol. The number of nitrogens with one attached hydrogen (secondary N) is 2. The third kappa shape index (κ3) is 2.87. The normalized spacial score (nSPS) is 10.5. The number of ether oxygens (including phenoxy) is 1. The van der Waals surface area contributed by atoms with Crippen LogP contribution in [0, 0.1) is 0 Å². The van der Waals surface area contributed by atoms with Crippen molar-refractivity contribution >= 4 is 33.4 Å². The van der Waals surface area contributed by atoms with Gasteiger partial charge in [-0.2, -0.15) is 4.37 Å². The zero-order valence-electron chi connectivity index (χ0n) is 10.2. The lowest BCUT2D eigenvalue weighted by Gasteiger charge is -2.04. The van der Waals surface area contributed by atoms with Gasteiger partial charge >= 0.3 is 0 Å². The standard InChI is InChI=1S/C10H11BrN4O3S/c1-15-5(3-7(16)13-15)9(17)12-4-6-8(11)10(18-2)14-19-6/h3H,4H2,1-2H3,(H,12,17)(H,13,16). The Balaban J connectivity index is 2.06. The quantitative estimate of drug-likeness (QED) is 0.859. The van der Waals surface area contributed by atoms with E-state index >= 15 is 0 Å². The van der Waals surface area contributed by atoms with Gasteiger partial charge in [0, 0.05) is 13.1 Å². The largest absolute Gasteiger partial charge is 0.480 e. The molecule has 102 valence electrons. The molecule has 0 atom stereocenters. The minimum absolute atomic E-state index is 0.276. The maximum Gasteiger partial charge on any atom is 0.269 e. The van der Waals surface area contributed by atoms with Crippen molar-refractivity contribution < 1.29 is 9.53 Å². The van der Waals surface area contributed by atoms with E-state index in [2.05, 4.69) is 30.7 Å². The molecule has 2 N–H and O–H groups in total. The summed E-state index contributed by atoms with van der Waals surface area (Å²) < 4.78 is 11.2. The van der Waals surface area contributed by atoms with Crippen molar-refractivity contribution in [3.63, 3.8) is 0 Å². The molecule has 9 heteroatoms. The third-order valence-electron chi connectivity index (χ3n) is 2.41. The van der Waals surface area contributed by atoms with Gasteiger partial charge < -0.3 is 10.1 Å². The highest BCUT2D eigenvalue weighted by atomic mass is 79.9. The van der Waals surface area contributed by atoms with Gasteiger partial charge in [0.05, 0.1) is 23.0 Å². The van der Waals surface area contributed by atoms with Gasteiger partial charge in [0.25, 0.3) is 11.5 Å². The van der Waals surface area contributed by atoms with Crippen LogP contribution in [0.1, 0.15) is 15.4 Å². The van der Waals surface area contributed by atoms with Gasteiger partial charge in [0.15, 0.2) is 0 Å². The fourth-order valence-corrected chi connectivity index (χ4v) is 2.87. The fraction of sp³-hybridized carbons (Fsp3) is 0.300. The van der Waals surface area contributed by atoms with Crippen molar-refractivity contribution in [3.8, 4) is 5.88 Å². The number of H-pyrrole nitrogens is 1. The number of hydrogen-bond donors (Lipinski definition) is 2. The van der Waals surface area contributed by atoms with Crippen molar-refractivity contribution in [2.75, 3.05) is 7.11 Å². The van der Waals surface area contributed by atoms with Crippen molar-refractivity contribution in [1.82, 2.24) is 19.5 Å². The zero-order chi connectivity index (χ0) is 14.0. The number of methoxy groups -OCH3 is 1. The monoisotopic (exact) mass is 346 g/mol. The van der Waals surface area contributed by atoms with E-state index in [1.807, 2.05) is 0 Å². The van der Waals surface area contributed by atoms with Gasteiger partial charge in [-0.05, 0) is 27.5 Å². The average molecular weight is 347 g/mol. The molecule has 1 amide bonds. The molecule has 19 heavy (non-hydrogen) atoms. The number of aromatic nitrogens is 3. The van der Waals surface area contributed by atoms with E-state index in [9.17, 15) is 9.59 Å². The predicted octanol–water partition coefficient (Wildman–Crippen LogP) is 0.871. The highest BCUT2D eigenvalue weighted by Gasteiger charge is 2.15. The van der Waals surface area contributed by atoms with Crippen LogP contribution in [0.15, 0.2) is 15.3 Å². The van der Waals surface area contributed by atoms with E-state index in [4.69, 9.17) is 4.74 Å². The van der Waals surface area contributed by atoms with E-state index in [0.717, 1.165) is 9.35 Å². The molecule has 0 bridgehead atoms. The van der Waals surface area contributed by atoms with Crippen molar-refractivity contribution in [2.45, 2.75) is 6.54 Å². The molecule has 0 unspecified atom stereocenters. The zero-order valence-corrected chi connectivity index (χ0v) is 12.6. The van der Waals surface area contributed by atoms with Crippen molar-refractivity contribution in [2.24, 2.45) is 7.05 Å². The van der Waals surface area contributed by atoms with Gasteiger partial charge in [0.2, 0.25) is 5.88 Å². The second-order valence-electron chi connectivity index (χ2n) is 3.68. The summed E-state index contributed by atoms with van der Waals surface area (Å²) in [5, 5.41) is 5.19. The fourth-order valence-electron chi connectivity index (χ4n) is 1.48. The van der Waals surface area contributed by atoms with Crippen LogP contribution in [0.3, 0.4) is 0 Å². The minimum atomic E-state index is -0.333. The highest BCUT2D eigenvalue weighted by molar-refractivity contribution is 9.10. The number of carbonyl (C=O) groups excluding carboxylic acids is 1. The Kier molecular flexibility index (Phi) is 4.05. The van der Waals surface area contributed by atoms with Gasteiger partial charge in [-0.1, -0.05) is 0 Å². The Labute approximate surface area is 120 Å². The van der Waals surface area contributed by atoms with Crippen molar-refractivity contribution in [3.05, 3.63) is 31.5 Å². The van der Waals surface area contributed by atoms with E-state index in [1.165, 1.54) is 29.4 Å². The Morgan fingerprint density at radius 1 is 1.68 bits per heavy atom. The van der Waals surface area contributed by atoms with Crippen LogP contribution >= 0.6 is 27.5 Å². The number of rotatable bonds is 4. The predicted molar refractivity (Wildman–Crippen MR) is 73.6 cm³/mol. The summed E-state index contributed by atoms with van der Waals surface area (Å²) >= 11 is 4.58. The molecule has 2 aromatic rings. The molecule has 0 aliphatic carbocycles. The van der Waals surface area contributed by atoms with E-state index in [0.29, 0.717) is 12.4 Å². The number of halogens is 1. The maximum atomic E-state index is 11.9. The second-order valence-corrected chi connectivity index (χ2v) is 5.33. The van der Waals surface area contributed by atoms with Crippen LogP contribution in [0.25, 0.3) is 0 Å². The van der Waals surface area contributed by atoms with E-state index in [-0.39, 0.29) is 17.2 Å². The molecule has 0 aliphatic rings. The topological polar surface area (TPSA) is 89.0 Å². The minimum Gasteiger partial charge on any atom is -0.480 e. The van der Waals surface area contributed by atoms with Crippen LogP contribution in [-0.4, -0.2) is 27.2 Å². The molecular formula is C10H11BrN4O3S. The number of amides is 1. The third-order valence-corrected chi connectivity index (χ3v) is 4.32. The maximum absolute atomic E-state index is 11.9. The lowest BCUT2D eigenvalue weighted by molar-refractivity contribution is 0.0942. The summed E-state index contributed by atoms with van der Waals surface area (Å²) in [7, 11) is 3.12. The molecule has 0 aliphatic heterocycles. The SMILES string of the molecule is COc1nsc(CNC(=O)c2cc(=O)[nH]n2C)c1Br. The Morgan fingerprint density at radius 2 is 2.42 bits per heavy atom. The number of carbonyl (C=O) groups is 1. The molecule has 7 nitrogen and oxygen atoms in total. The van der Waals surface area contributed by atoms with Crippen LogP contribution in [0.5, 0.6) is 5.88 Å². The van der Waals surface area contributed by atoms with Gasteiger partial charge in [-0.25, -0.2) is 0 Å². The first-order chi connectivity index (χ1) is 9.02. The highest BCUT2D eigenvalue weighted by Crippen LogP contribution is 2.30. The molecule has 2 rings (SSSR count). The van der Waals surface area contributed by atoms with Crippen molar-refractivity contribution in [1.29, 1.82) is 0 Å². The summed E-state index contributed by atoms with van der Waals surface area (Å²) in [5.74, 6) is 0.156. The molecule has 2 heterocycles.